The van der Waals surface area contributed by atoms with Gasteiger partial charge >= 0.3 is 1030 Å². The SMILES string of the molecule is O=C(O)O.O=C(O)O.[Ca+2].[Ca+2].[Ca+2].[Ca+2].[Ca+2].[Ca+2].[Ca+2].[Ca+2].[Ca+2].[Ca+2].[Ca+2].[Ca+2].[Ca+2].[Ca+2].[Ca+2].[Ca+2].[Ca+2].[Ca+2].[Ca+2].[Ca+2].[Ca+2].[Ca+2].[Ca+2].[Ca+2].[Ca+2].[Ca+2].[Ca+2].[H-].[H-].[H-].[H-].[H-].[H-].[H-].[H-].[H-].[H-].[H-].[H-].[H-].[H-].[H-].[H-].[H-].[H-].[H-].[H-].[H-].[H-].[H-].[H-].[H-].[H-].[H-].[H-].[H-].[H-].[H-].[H-].[H-].[H-].[H-].[H-].[H-].[H-].[H-].[H-].[H-].[H-].[H-].[H-].[H-].[H-].[H-].[H-].[H-].[H-].[H-].[H-].[H-].[H-]. The molecule has 0 atom stereocenters. The average Bonchev–Trinajstić information content (AvgIpc) is 1.25. The molecule has 0 aliphatic heterocycles. The topological polar surface area (TPSA) is 115 Å². The second-order valence-corrected chi connectivity index (χ2v) is 0.565. The molecule has 0 saturated heterocycles. The molecule has 0 aromatic heterocycles. The van der Waals surface area contributed by atoms with E-state index in [9.17, 15) is 0 Å². The maximum Gasteiger partial charge on any atom is 2.00 e. The molecule has 0 fully saturated rings. The Labute approximate surface area is 1100 Å². The quantitative estimate of drug-likeness (QED) is 0.186. The molecule has 0 bridgehead atoms. The normalized spacial score (nSPS) is 1.37. The zero-order valence-corrected chi connectivity index (χ0v) is 82.3. The minimum absolute atomic E-state index is 0. The van der Waals surface area contributed by atoms with Crippen LogP contribution >= 0.6 is 0 Å². The second-order valence-electron chi connectivity index (χ2n) is 0.565. The van der Waals surface area contributed by atoms with Crippen LogP contribution in [0.15, 0.2) is 0 Å². The van der Waals surface area contributed by atoms with E-state index in [2.05, 4.69) is 0 Å². The van der Waals surface area contributed by atoms with Gasteiger partial charge in [0.1, 0.15) is 0 Å². The van der Waals surface area contributed by atoms with Gasteiger partial charge in [-0.05, 0) is 0 Å². The Morgan fingerprint density at radius 3 is 0.229 bits per heavy atom. The van der Waals surface area contributed by atoms with Crippen LogP contribution in [0, 0.1) is 0 Å². The Hall–Kier alpha value is 32.6. The van der Waals surface area contributed by atoms with Crippen LogP contribution in [0.25, 0.3) is 0 Å². The summed E-state index contributed by atoms with van der Waals surface area (Å²) in [4.78, 5) is 17.1. The van der Waals surface area contributed by atoms with E-state index in [1.54, 1.807) is 0 Å². The Morgan fingerprint density at radius 2 is 0.229 bits per heavy atom. The van der Waals surface area contributed by atoms with Crippen molar-refractivity contribution in [3.8, 4) is 0 Å². The van der Waals surface area contributed by atoms with Crippen LogP contribution < -0.4 is 0 Å². The van der Waals surface area contributed by atoms with Crippen molar-refractivity contribution in [1.29, 1.82) is 0 Å². The molecule has 156 valence electrons. The number of carboxylic acid groups (broad SMARTS) is 4. The van der Waals surface area contributed by atoms with Crippen molar-refractivity contribution in [2.24, 2.45) is 0 Å². The fourth-order valence-electron chi connectivity index (χ4n) is 0. The van der Waals surface area contributed by atoms with Gasteiger partial charge in [-0.1, -0.05) is 0 Å². The molecule has 0 radical (unpaired) electrons. The van der Waals surface area contributed by atoms with Gasteiger partial charge in [-0.15, -0.1) is 0 Å². The summed E-state index contributed by atoms with van der Waals surface area (Å²) in [6, 6.07) is 0. The summed E-state index contributed by atoms with van der Waals surface area (Å²) in [5, 5.41) is 27.9. The van der Waals surface area contributed by atoms with Crippen molar-refractivity contribution in [1.82, 2.24) is 0 Å². The smallest absolute Gasteiger partial charge is 1.00 e. The summed E-state index contributed by atoms with van der Waals surface area (Å²) in [5.74, 6) is 0. The first-order chi connectivity index (χ1) is 3.46. The van der Waals surface area contributed by atoms with Crippen molar-refractivity contribution in [2.75, 3.05) is 0 Å². The predicted molar refractivity (Wildman–Crippen MR) is 237 cm³/mol. The summed E-state index contributed by atoms with van der Waals surface area (Å²) in [7, 11) is 0. The fraction of sp³-hybridized carbons (Fsp3) is 0. The molecule has 0 aromatic rings. The molecule has 33 heteroatoms. The van der Waals surface area contributed by atoms with Gasteiger partial charge in [-0.3, -0.25) is 0 Å². The second kappa shape index (κ2) is 192. The summed E-state index contributed by atoms with van der Waals surface area (Å²) in [6.07, 6.45) is -3.67. The van der Waals surface area contributed by atoms with Crippen LogP contribution in [0.5, 0.6) is 0 Å². The van der Waals surface area contributed by atoms with Crippen LogP contribution in [-0.2, 0) is 0 Å². The minimum Gasteiger partial charge on any atom is -1.00 e. The Bertz CT molecular complexity index is 178. The molecule has 0 aliphatic rings. The molecule has 0 rings (SSSR count). The molecular weight excluding hydrogens is 1200 g/mol. The van der Waals surface area contributed by atoms with Crippen molar-refractivity contribution in [3.63, 3.8) is 0 Å². The van der Waals surface area contributed by atoms with Gasteiger partial charge in [0.15, 0.2) is 0 Å². The van der Waals surface area contributed by atoms with Gasteiger partial charge in [0.2, 0.25) is 0 Å². The van der Waals surface area contributed by atoms with Crippen molar-refractivity contribution in [2.45, 2.75) is 0 Å². The molecule has 0 aliphatic carbocycles. The molecule has 35 heavy (non-hydrogen) atoms. The zero-order valence-electron chi connectivity index (χ0n) is 76.7. The molecule has 0 saturated carbocycles. The fourth-order valence-corrected chi connectivity index (χ4v) is 0. The summed E-state index contributed by atoms with van der Waals surface area (Å²) >= 11 is 0. The van der Waals surface area contributed by atoms with E-state index in [4.69, 9.17) is 30.0 Å². The van der Waals surface area contributed by atoms with Crippen LogP contribution in [0.1, 0.15) is 77.0 Å². The molecule has 0 unspecified atom stereocenters. The maximum absolute atomic E-state index is 8.56. The van der Waals surface area contributed by atoms with Gasteiger partial charge in [0.25, 0.3) is 0 Å². The van der Waals surface area contributed by atoms with Crippen molar-refractivity contribution in [3.05, 3.63) is 0 Å². The number of hydrogen-bond acceptors (Lipinski definition) is 2. The molecule has 0 amide bonds. The van der Waals surface area contributed by atoms with Crippen molar-refractivity contribution >= 4 is 1030 Å². The third-order valence-corrected chi connectivity index (χ3v) is 0. The number of carbonyl (C=O) groups is 2. The average molecular weight is 1260 g/mol. The standard InChI is InChI=1S/2CH2O3.27Ca.54H/c2*2-1(3)4;;;;;;;;;;;;;;;;;;;;;;;;;;;;;;;;;;;;;;;;;;;;;;;;;;;;;;;;;;;;;;;;;;;;;;;;;;;;;;;;;/h2*(H2,2,3,4);;;;;;;;;;;;;;;;;;;;;;;;;;;;;;;;;;;;;;;;;;;;;;;;;;;;;;;;;;;;;;;;;;;;;;;;;;;;;;;;;/q;;27*+2;54*-1. The zero-order chi connectivity index (χ0) is 7.15. The first-order valence-electron chi connectivity index (χ1n) is 1.30. The number of hydrogen-bond donors (Lipinski definition) is 4. The maximum atomic E-state index is 8.56. The summed E-state index contributed by atoms with van der Waals surface area (Å²) < 4.78 is 0. The van der Waals surface area contributed by atoms with Gasteiger partial charge in [-0.25, -0.2) is 9.59 Å². The minimum atomic E-state index is -1.83. The Kier molecular flexibility index (Phi) is 1110. The third kappa shape index (κ3) is 262. The van der Waals surface area contributed by atoms with Gasteiger partial charge in [-0.2, -0.15) is 0 Å². The predicted octanol–water partition coefficient (Wildman–Crippen LogP) is -3.76. The summed E-state index contributed by atoms with van der Waals surface area (Å²) in [6.45, 7) is 0. The molecule has 0 heterocycles. The van der Waals surface area contributed by atoms with Crippen LogP contribution in [0.3, 0.4) is 0 Å². The monoisotopic (exact) mass is 1260 g/mol. The molecule has 0 spiro atoms. The van der Waals surface area contributed by atoms with Crippen LogP contribution in [0.2, 0.25) is 0 Å². The molecule has 0 aromatic carbocycles. The van der Waals surface area contributed by atoms with Gasteiger partial charge in [0.05, 0.1) is 0 Å². The van der Waals surface area contributed by atoms with Crippen LogP contribution in [-0.4, -0.2) is 1050 Å². The molecule has 4 N–H and O–H groups in total. The third-order valence-electron chi connectivity index (χ3n) is 0. The van der Waals surface area contributed by atoms with Gasteiger partial charge < -0.3 is 97.5 Å². The molecule has 6 nitrogen and oxygen atoms in total. The first kappa shape index (κ1) is 201. The van der Waals surface area contributed by atoms with Crippen LogP contribution in [0.4, 0.5) is 9.59 Å². The number of rotatable bonds is 0. The Morgan fingerprint density at radius 1 is 0.229 bits per heavy atom. The van der Waals surface area contributed by atoms with Crippen molar-refractivity contribution < 1.29 is 107 Å². The largest absolute Gasteiger partial charge is 2.00 e. The van der Waals surface area contributed by atoms with Gasteiger partial charge in [0, 0.05) is 0 Å². The van der Waals surface area contributed by atoms with E-state index in [0.717, 1.165) is 0 Å². The van der Waals surface area contributed by atoms with E-state index < -0.39 is 12.3 Å². The van der Waals surface area contributed by atoms with E-state index in [1.807, 2.05) is 0 Å². The summed E-state index contributed by atoms with van der Waals surface area (Å²) in [5.41, 5.74) is 0. The van der Waals surface area contributed by atoms with E-state index in [-0.39, 0.29) is 1100 Å². The molecular formula is C2H58Ca27O6. The van der Waals surface area contributed by atoms with E-state index in [1.165, 1.54) is 0 Å². The van der Waals surface area contributed by atoms with E-state index in [0.29, 0.717) is 0 Å². The first-order valence-corrected chi connectivity index (χ1v) is 1.30. The van der Waals surface area contributed by atoms with E-state index >= 15 is 0 Å². The Balaban J connectivity index is -0.0000000000523.